The number of amides is 3. The number of H-pyrrole nitrogens is 1. The molecule has 224 valence electrons. The van der Waals surface area contributed by atoms with E-state index < -0.39 is 23.9 Å². The van der Waals surface area contributed by atoms with E-state index in [-0.39, 0.29) is 33.3 Å². The van der Waals surface area contributed by atoms with E-state index in [1.165, 1.54) is 30.1 Å². The first-order valence-electron chi connectivity index (χ1n) is 13.4. The third kappa shape index (κ3) is 6.20. The number of ether oxygens (including phenoxy) is 1. The predicted octanol–water partition coefficient (Wildman–Crippen LogP) is 6.42. The zero-order chi connectivity index (χ0) is 30.8. The number of imidazole rings is 1. The van der Waals surface area contributed by atoms with Gasteiger partial charge in [0, 0.05) is 17.2 Å². The summed E-state index contributed by atoms with van der Waals surface area (Å²) in [4.78, 5) is 46.1. The van der Waals surface area contributed by atoms with Gasteiger partial charge in [-0.2, -0.15) is 5.10 Å². The Morgan fingerprint density at radius 2 is 1.98 bits per heavy atom. The Morgan fingerprint density at radius 3 is 2.74 bits per heavy atom. The first-order chi connectivity index (χ1) is 20.6. The van der Waals surface area contributed by atoms with Gasteiger partial charge in [0.1, 0.15) is 22.4 Å². The van der Waals surface area contributed by atoms with Gasteiger partial charge in [-0.1, -0.05) is 42.6 Å². The lowest BCUT2D eigenvalue weighted by Gasteiger charge is -2.20. The minimum atomic E-state index is -0.662. The Balaban J connectivity index is 1.48. The summed E-state index contributed by atoms with van der Waals surface area (Å²) in [7, 11) is 1.25. The number of benzene rings is 2. The summed E-state index contributed by atoms with van der Waals surface area (Å²) in [6, 6.07) is 8.85. The van der Waals surface area contributed by atoms with Crippen LogP contribution in [0.3, 0.4) is 0 Å². The number of carbonyl (C=O) groups is 3. The van der Waals surface area contributed by atoms with Crippen LogP contribution in [0.4, 0.5) is 20.6 Å². The number of methoxy groups -OCH3 is 1. The summed E-state index contributed by atoms with van der Waals surface area (Å²) >= 11 is 12.6. The molecule has 2 atom stereocenters. The number of aromatic nitrogens is 4. The van der Waals surface area contributed by atoms with Gasteiger partial charge in [-0.25, -0.2) is 18.9 Å². The molecule has 2 aromatic heterocycles. The standard InChI is InChI=1S/C29H28Cl2FN7O4/c1-14-6-4-8-20(35-28(41)18-13-33-39(15(18)2)22-9-5-7-19(30)23(22)32)26-37-24(25(31)38-26)17-11-10-16(34-29(42)43-3)12-21(17)36-27(14)40/h5,7,9-14,20H,4,6,8H2,1-3H3,(H,34,42)(H,35,41)(H,36,40)(H,37,38). The lowest BCUT2D eigenvalue weighted by molar-refractivity contribution is -0.119. The van der Waals surface area contributed by atoms with Crippen LogP contribution in [-0.2, 0) is 9.53 Å². The van der Waals surface area contributed by atoms with Crippen molar-refractivity contribution in [2.45, 2.75) is 39.2 Å². The predicted molar refractivity (Wildman–Crippen MR) is 160 cm³/mol. The van der Waals surface area contributed by atoms with E-state index in [4.69, 9.17) is 28.2 Å². The maximum Gasteiger partial charge on any atom is 0.411 e. The van der Waals surface area contributed by atoms with Gasteiger partial charge in [0.15, 0.2) is 5.82 Å². The minimum absolute atomic E-state index is 0.0578. The summed E-state index contributed by atoms with van der Waals surface area (Å²) in [6.07, 6.45) is 2.27. The Morgan fingerprint density at radius 1 is 1.19 bits per heavy atom. The highest BCUT2D eigenvalue weighted by Crippen LogP contribution is 2.36. The van der Waals surface area contributed by atoms with Crippen LogP contribution in [0.15, 0.2) is 42.6 Å². The number of carbonyl (C=O) groups excluding carboxylic acids is 3. The summed E-state index contributed by atoms with van der Waals surface area (Å²) in [5, 5.41) is 12.9. The third-order valence-corrected chi connectivity index (χ3v) is 7.83. The number of rotatable bonds is 4. The highest BCUT2D eigenvalue weighted by molar-refractivity contribution is 6.32. The van der Waals surface area contributed by atoms with Crippen LogP contribution in [0.25, 0.3) is 16.9 Å². The molecule has 1 aliphatic heterocycles. The largest absolute Gasteiger partial charge is 0.453 e. The van der Waals surface area contributed by atoms with Crippen LogP contribution in [0.5, 0.6) is 0 Å². The van der Waals surface area contributed by atoms with Crippen molar-refractivity contribution in [3.63, 3.8) is 0 Å². The van der Waals surface area contributed by atoms with Gasteiger partial charge in [-0.15, -0.1) is 0 Å². The van der Waals surface area contributed by atoms with Crippen LogP contribution in [-0.4, -0.2) is 44.8 Å². The molecular formula is C29H28Cl2FN7O4. The molecule has 2 bridgehead atoms. The highest BCUT2D eigenvalue weighted by Gasteiger charge is 2.27. The molecule has 5 rings (SSSR count). The molecule has 2 aromatic carbocycles. The average Bonchev–Trinajstić information content (AvgIpc) is 3.55. The Bertz CT molecular complexity index is 1720. The van der Waals surface area contributed by atoms with E-state index in [1.54, 1.807) is 31.2 Å². The second kappa shape index (κ2) is 12.4. The normalized spacial score (nSPS) is 16.7. The topological polar surface area (TPSA) is 143 Å². The van der Waals surface area contributed by atoms with Gasteiger partial charge in [-0.05, 0) is 50.1 Å². The molecule has 0 saturated heterocycles. The number of hydrogen-bond donors (Lipinski definition) is 4. The fourth-order valence-corrected chi connectivity index (χ4v) is 5.28. The maximum atomic E-state index is 14.7. The number of fused-ring (bicyclic) bond motifs is 4. The summed E-state index contributed by atoms with van der Waals surface area (Å²) in [5.41, 5.74) is 2.43. The maximum absolute atomic E-state index is 14.7. The number of nitrogens with zero attached hydrogens (tertiary/aromatic N) is 3. The summed E-state index contributed by atoms with van der Waals surface area (Å²) < 4.78 is 20.7. The summed E-state index contributed by atoms with van der Waals surface area (Å²) in [6.45, 7) is 3.47. The Kier molecular flexibility index (Phi) is 8.69. The van der Waals surface area contributed by atoms with E-state index >= 15 is 0 Å². The zero-order valence-corrected chi connectivity index (χ0v) is 24.9. The second-order valence-corrected chi connectivity index (χ2v) is 10.9. The highest BCUT2D eigenvalue weighted by atomic mass is 35.5. The van der Waals surface area contributed by atoms with Crippen LogP contribution in [0.2, 0.25) is 10.2 Å². The van der Waals surface area contributed by atoms with Crippen LogP contribution < -0.4 is 16.0 Å². The van der Waals surface area contributed by atoms with Crippen molar-refractivity contribution in [2.75, 3.05) is 17.7 Å². The molecule has 14 heteroatoms. The lowest BCUT2D eigenvalue weighted by atomic mass is 9.99. The molecule has 0 radical (unpaired) electrons. The van der Waals surface area contributed by atoms with E-state index in [1.807, 2.05) is 6.92 Å². The molecule has 3 amide bonds. The molecule has 0 spiro atoms. The minimum Gasteiger partial charge on any atom is -0.453 e. The van der Waals surface area contributed by atoms with E-state index in [9.17, 15) is 18.8 Å². The molecule has 4 aromatic rings. The molecule has 0 saturated carbocycles. The summed E-state index contributed by atoms with van der Waals surface area (Å²) in [5.74, 6) is -1.25. The third-order valence-electron chi connectivity index (χ3n) is 7.27. The van der Waals surface area contributed by atoms with Gasteiger partial charge >= 0.3 is 6.09 Å². The van der Waals surface area contributed by atoms with Crippen molar-refractivity contribution in [1.29, 1.82) is 0 Å². The van der Waals surface area contributed by atoms with Gasteiger partial charge < -0.3 is 20.4 Å². The smallest absolute Gasteiger partial charge is 0.411 e. The Labute approximate surface area is 256 Å². The number of halogens is 3. The molecule has 4 N–H and O–H groups in total. The molecule has 11 nitrogen and oxygen atoms in total. The van der Waals surface area contributed by atoms with Crippen molar-refractivity contribution in [2.24, 2.45) is 5.92 Å². The first-order valence-corrected chi connectivity index (χ1v) is 14.2. The van der Waals surface area contributed by atoms with Crippen molar-refractivity contribution >= 4 is 52.5 Å². The lowest BCUT2D eigenvalue weighted by Crippen LogP contribution is -2.30. The van der Waals surface area contributed by atoms with Crippen molar-refractivity contribution in [1.82, 2.24) is 25.1 Å². The van der Waals surface area contributed by atoms with E-state index in [0.717, 1.165) is 0 Å². The fourth-order valence-electron chi connectivity index (χ4n) is 4.87. The molecule has 2 unspecified atom stereocenters. The number of aromatic amines is 1. The monoisotopic (exact) mass is 627 g/mol. The van der Waals surface area contributed by atoms with Crippen molar-refractivity contribution in [3.05, 3.63) is 75.7 Å². The fraction of sp³-hybridized carbons (Fsp3) is 0.276. The average molecular weight is 628 g/mol. The van der Waals surface area contributed by atoms with Gasteiger partial charge in [-0.3, -0.25) is 14.9 Å². The SMILES string of the molecule is COC(=O)Nc1ccc2c(c1)NC(=O)C(C)CCCC(NC(=O)c1cnn(-c3cccc(Cl)c3F)c1C)c1nc-2c(Cl)[nH]1. The van der Waals surface area contributed by atoms with E-state index in [0.29, 0.717) is 53.4 Å². The Hall–Kier alpha value is -4.42. The van der Waals surface area contributed by atoms with E-state index in [2.05, 4.69) is 30.8 Å². The quantitative estimate of drug-likeness (QED) is 0.205. The first kappa shape index (κ1) is 30.1. The van der Waals surface area contributed by atoms with Crippen molar-refractivity contribution in [3.8, 4) is 16.9 Å². The van der Waals surface area contributed by atoms with Gasteiger partial charge in [0.2, 0.25) is 5.91 Å². The second-order valence-electron chi connectivity index (χ2n) is 10.1. The number of anilines is 2. The molecule has 0 aliphatic carbocycles. The number of hydrogen-bond acceptors (Lipinski definition) is 6. The van der Waals surface area contributed by atoms with Gasteiger partial charge in [0.25, 0.3) is 5.91 Å². The van der Waals surface area contributed by atoms with Crippen molar-refractivity contribution < 1.29 is 23.5 Å². The molecule has 3 heterocycles. The molecule has 1 aliphatic rings. The molecule has 0 fully saturated rings. The van der Waals surface area contributed by atoms with Crippen LogP contribution >= 0.6 is 23.2 Å². The zero-order valence-electron chi connectivity index (χ0n) is 23.4. The molecule has 43 heavy (non-hydrogen) atoms. The number of nitrogens with one attached hydrogen (secondary N) is 4. The van der Waals surface area contributed by atoms with Crippen LogP contribution in [0.1, 0.15) is 54.1 Å². The van der Waals surface area contributed by atoms with Gasteiger partial charge in [0.05, 0.1) is 41.3 Å². The molecular weight excluding hydrogens is 600 g/mol. The van der Waals surface area contributed by atoms with Crippen LogP contribution in [0, 0.1) is 18.7 Å².